The third kappa shape index (κ3) is 5.72. The third-order valence-corrected chi connectivity index (χ3v) is 4.11. The molecule has 0 amide bonds. The molecule has 1 N–H and O–H groups in total. The maximum Gasteiger partial charge on any atom is 0.193 e. The standard InChI is InChI=1S/C14H23N7S.HI/c1-5-13-19-17-10-21(13)7-6-16-14(15-3)20(4)8-12-9-22-11(2)18-12;/h9-10H,5-8H2,1-4H3,(H,15,16);1H. The van der Waals surface area contributed by atoms with Gasteiger partial charge in [-0.15, -0.1) is 45.5 Å². The van der Waals surface area contributed by atoms with Crippen LogP contribution in [-0.2, 0) is 19.5 Å². The lowest BCUT2D eigenvalue weighted by molar-refractivity contribution is 0.467. The molecule has 0 atom stereocenters. The molecule has 9 heteroatoms. The Morgan fingerprint density at radius 3 is 2.87 bits per heavy atom. The number of nitrogens with zero attached hydrogens (tertiary/aromatic N) is 6. The SMILES string of the molecule is CCc1nncn1CCNC(=NC)N(C)Cc1csc(C)n1.I. The lowest BCUT2D eigenvalue weighted by Gasteiger charge is -2.21. The van der Waals surface area contributed by atoms with E-state index < -0.39 is 0 Å². The number of hydrogen-bond acceptors (Lipinski definition) is 5. The Bertz CT molecular complexity index is 622. The summed E-state index contributed by atoms with van der Waals surface area (Å²) in [5.74, 6) is 1.86. The molecule has 0 aliphatic heterocycles. The Morgan fingerprint density at radius 2 is 2.26 bits per heavy atom. The van der Waals surface area contributed by atoms with Crippen molar-refractivity contribution in [2.75, 3.05) is 20.6 Å². The maximum absolute atomic E-state index is 4.48. The summed E-state index contributed by atoms with van der Waals surface area (Å²) in [6.07, 6.45) is 2.66. The van der Waals surface area contributed by atoms with Crippen molar-refractivity contribution in [1.29, 1.82) is 0 Å². The second-order valence-corrected chi connectivity index (χ2v) is 6.04. The molecule has 2 heterocycles. The largest absolute Gasteiger partial charge is 0.354 e. The van der Waals surface area contributed by atoms with Crippen LogP contribution in [0.15, 0.2) is 16.7 Å². The van der Waals surface area contributed by atoms with Crippen LogP contribution in [0.25, 0.3) is 0 Å². The van der Waals surface area contributed by atoms with Gasteiger partial charge in [-0.1, -0.05) is 6.92 Å². The second kappa shape index (κ2) is 9.81. The Morgan fingerprint density at radius 1 is 1.48 bits per heavy atom. The van der Waals surface area contributed by atoms with Crippen molar-refractivity contribution >= 4 is 41.3 Å². The molecule has 7 nitrogen and oxygen atoms in total. The molecule has 0 radical (unpaired) electrons. The van der Waals surface area contributed by atoms with Crippen LogP contribution in [0.3, 0.4) is 0 Å². The average Bonchev–Trinajstić information content (AvgIpc) is 3.12. The fourth-order valence-electron chi connectivity index (χ4n) is 2.21. The first-order valence-electron chi connectivity index (χ1n) is 7.33. The van der Waals surface area contributed by atoms with Crippen LogP contribution in [0.1, 0.15) is 23.4 Å². The van der Waals surface area contributed by atoms with Gasteiger partial charge in [-0.05, 0) is 6.92 Å². The third-order valence-electron chi connectivity index (χ3n) is 3.29. The summed E-state index contributed by atoms with van der Waals surface area (Å²) in [4.78, 5) is 10.9. The monoisotopic (exact) mass is 449 g/mol. The summed E-state index contributed by atoms with van der Waals surface area (Å²) in [6.45, 7) is 6.44. The number of thiazole rings is 1. The van der Waals surface area contributed by atoms with Gasteiger partial charge in [-0.2, -0.15) is 0 Å². The van der Waals surface area contributed by atoms with Gasteiger partial charge < -0.3 is 14.8 Å². The fraction of sp³-hybridized carbons (Fsp3) is 0.571. The zero-order chi connectivity index (χ0) is 15.9. The molecular formula is C14H24IN7S. The van der Waals surface area contributed by atoms with Crippen LogP contribution >= 0.6 is 35.3 Å². The second-order valence-electron chi connectivity index (χ2n) is 4.98. The summed E-state index contributed by atoms with van der Waals surface area (Å²) in [5, 5.41) is 14.6. The molecule has 0 saturated heterocycles. The summed E-state index contributed by atoms with van der Waals surface area (Å²) in [6, 6.07) is 0. The number of aliphatic imine (C=N–C) groups is 1. The lowest BCUT2D eigenvalue weighted by Crippen LogP contribution is -2.40. The van der Waals surface area contributed by atoms with Gasteiger partial charge in [-0.25, -0.2) is 4.98 Å². The zero-order valence-electron chi connectivity index (χ0n) is 14.0. The quantitative estimate of drug-likeness (QED) is 0.415. The first kappa shape index (κ1) is 19.8. The minimum atomic E-state index is 0. The Labute approximate surface area is 158 Å². The van der Waals surface area contributed by atoms with E-state index in [1.807, 2.05) is 14.0 Å². The van der Waals surface area contributed by atoms with Gasteiger partial charge in [0.2, 0.25) is 0 Å². The highest BCUT2D eigenvalue weighted by Crippen LogP contribution is 2.09. The number of guanidine groups is 1. The molecule has 0 bridgehead atoms. The van der Waals surface area contributed by atoms with Gasteiger partial charge in [0.05, 0.1) is 17.2 Å². The van der Waals surface area contributed by atoms with Crippen molar-refractivity contribution < 1.29 is 0 Å². The summed E-state index contributed by atoms with van der Waals surface area (Å²) in [5.41, 5.74) is 1.07. The molecule has 2 aromatic heterocycles. The van der Waals surface area contributed by atoms with E-state index in [0.717, 1.165) is 48.5 Å². The van der Waals surface area contributed by atoms with Gasteiger partial charge in [0, 0.05) is 39.0 Å². The van der Waals surface area contributed by atoms with E-state index in [1.165, 1.54) is 0 Å². The first-order valence-corrected chi connectivity index (χ1v) is 8.21. The molecule has 0 fully saturated rings. The molecule has 0 unspecified atom stereocenters. The van der Waals surface area contributed by atoms with E-state index in [2.05, 4.69) is 47.3 Å². The zero-order valence-corrected chi connectivity index (χ0v) is 17.1. The van der Waals surface area contributed by atoms with Crippen LogP contribution in [0, 0.1) is 6.92 Å². The first-order chi connectivity index (χ1) is 10.6. The number of halogens is 1. The molecule has 0 aromatic carbocycles. The molecule has 0 saturated carbocycles. The minimum Gasteiger partial charge on any atom is -0.354 e. The van der Waals surface area contributed by atoms with E-state index in [0.29, 0.717) is 0 Å². The van der Waals surface area contributed by atoms with Crippen molar-refractivity contribution in [3.8, 4) is 0 Å². The number of hydrogen-bond donors (Lipinski definition) is 1. The van der Waals surface area contributed by atoms with Crippen LogP contribution in [-0.4, -0.2) is 51.2 Å². The minimum absolute atomic E-state index is 0. The molecule has 128 valence electrons. The van der Waals surface area contributed by atoms with Gasteiger partial charge in [0.25, 0.3) is 0 Å². The van der Waals surface area contributed by atoms with Gasteiger partial charge in [-0.3, -0.25) is 4.99 Å². The molecule has 0 aliphatic rings. The van der Waals surface area contributed by atoms with Crippen LogP contribution in [0.5, 0.6) is 0 Å². The summed E-state index contributed by atoms with van der Waals surface area (Å²) in [7, 11) is 3.81. The smallest absolute Gasteiger partial charge is 0.193 e. The maximum atomic E-state index is 4.48. The Balaban J connectivity index is 0.00000264. The van der Waals surface area contributed by atoms with Crippen molar-refractivity contribution in [3.63, 3.8) is 0 Å². The highest BCUT2D eigenvalue weighted by atomic mass is 127. The molecular weight excluding hydrogens is 425 g/mol. The number of aryl methyl sites for hydroxylation is 2. The molecule has 2 aromatic rings. The molecule has 0 aliphatic carbocycles. The van der Waals surface area contributed by atoms with Gasteiger partial charge >= 0.3 is 0 Å². The number of nitrogens with one attached hydrogen (secondary N) is 1. The number of aromatic nitrogens is 4. The molecule has 23 heavy (non-hydrogen) atoms. The van der Waals surface area contributed by atoms with Crippen LogP contribution in [0.4, 0.5) is 0 Å². The van der Waals surface area contributed by atoms with E-state index in [4.69, 9.17) is 0 Å². The summed E-state index contributed by atoms with van der Waals surface area (Å²) < 4.78 is 2.06. The lowest BCUT2D eigenvalue weighted by atomic mass is 10.4. The van der Waals surface area contributed by atoms with E-state index in [-0.39, 0.29) is 24.0 Å². The molecule has 0 spiro atoms. The highest BCUT2D eigenvalue weighted by Gasteiger charge is 2.09. The predicted octanol–water partition coefficient (Wildman–Crippen LogP) is 1.93. The Hall–Kier alpha value is -1.23. The van der Waals surface area contributed by atoms with Gasteiger partial charge in [0.15, 0.2) is 5.96 Å². The van der Waals surface area contributed by atoms with Crippen molar-refractivity contribution in [1.82, 2.24) is 30.0 Å². The van der Waals surface area contributed by atoms with E-state index in [9.17, 15) is 0 Å². The van der Waals surface area contributed by atoms with Crippen LogP contribution in [0.2, 0.25) is 0 Å². The van der Waals surface area contributed by atoms with Crippen molar-refractivity contribution in [2.45, 2.75) is 33.4 Å². The van der Waals surface area contributed by atoms with Crippen molar-refractivity contribution in [2.24, 2.45) is 4.99 Å². The highest BCUT2D eigenvalue weighted by molar-refractivity contribution is 14.0. The van der Waals surface area contributed by atoms with E-state index in [1.54, 1.807) is 24.7 Å². The summed E-state index contributed by atoms with van der Waals surface area (Å²) >= 11 is 1.67. The van der Waals surface area contributed by atoms with Gasteiger partial charge in [0.1, 0.15) is 12.2 Å². The van der Waals surface area contributed by atoms with E-state index >= 15 is 0 Å². The predicted molar refractivity (Wildman–Crippen MR) is 104 cm³/mol. The average molecular weight is 449 g/mol. The Kier molecular flexibility index (Phi) is 8.45. The normalized spacial score (nSPS) is 11.2. The molecule has 2 rings (SSSR count). The number of rotatable bonds is 6. The fourth-order valence-corrected chi connectivity index (χ4v) is 2.81. The van der Waals surface area contributed by atoms with Crippen molar-refractivity contribution in [3.05, 3.63) is 28.2 Å². The van der Waals surface area contributed by atoms with Crippen LogP contribution < -0.4 is 5.32 Å². The topological polar surface area (TPSA) is 71.2 Å².